The molecule has 0 bridgehead atoms. The van der Waals surface area contributed by atoms with E-state index in [0.717, 1.165) is 5.56 Å². The zero-order chi connectivity index (χ0) is 17.4. The molecule has 0 saturated carbocycles. The van der Waals surface area contributed by atoms with E-state index in [9.17, 15) is 8.42 Å². The number of alkyl halides is 3. The molecule has 0 aromatic heterocycles. The topological polar surface area (TPSA) is 46.4 Å². The van der Waals surface area contributed by atoms with Crippen molar-refractivity contribution in [2.45, 2.75) is 15.9 Å². The predicted molar refractivity (Wildman–Crippen MR) is 95.4 cm³/mol. The molecule has 1 heterocycles. The van der Waals surface area contributed by atoms with Crippen LogP contribution in [-0.2, 0) is 14.5 Å². The summed E-state index contributed by atoms with van der Waals surface area (Å²) in [6, 6.07) is 17.6. The molecule has 1 aliphatic rings. The molecule has 128 valence electrons. The van der Waals surface area contributed by atoms with E-state index in [-0.39, 0.29) is 6.04 Å². The summed E-state index contributed by atoms with van der Waals surface area (Å²) in [6.45, 7) is 0.341. The molecule has 3 rings (SSSR count). The third-order valence-electron chi connectivity index (χ3n) is 3.66. The average Bonchev–Trinajstić information content (AvgIpc) is 3.35. The van der Waals surface area contributed by atoms with Crippen molar-refractivity contribution in [3.63, 3.8) is 0 Å². The van der Waals surface area contributed by atoms with Crippen LogP contribution < -0.4 is 0 Å². The fourth-order valence-electron chi connectivity index (χ4n) is 2.42. The lowest BCUT2D eigenvalue weighted by Gasteiger charge is -2.24. The first-order valence-corrected chi connectivity index (χ1v) is 9.65. The molecule has 2 aromatic rings. The number of benzene rings is 2. The van der Waals surface area contributed by atoms with Crippen molar-refractivity contribution in [3.05, 3.63) is 71.8 Å². The Morgan fingerprint density at radius 1 is 1.00 bits per heavy atom. The summed E-state index contributed by atoms with van der Waals surface area (Å²) >= 11 is 17.8. The predicted octanol–water partition coefficient (Wildman–Crippen LogP) is 4.42. The maximum atomic E-state index is 12.5. The normalized spacial score (nSPS) is 22.1. The van der Waals surface area contributed by atoms with Crippen LogP contribution in [0.15, 0.2) is 60.7 Å². The van der Waals surface area contributed by atoms with Gasteiger partial charge in [-0.05, 0) is 11.1 Å². The second-order valence-corrected chi connectivity index (χ2v) is 9.27. The highest BCUT2D eigenvalue weighted by atomic mass is 35.6. The lowest BCUT2D eigenvalue weighted by Crippen LogP contribution is -2.27. The fraction of sp³-hybridized carbons (Fsp3) is 0.250. The smallest absolute Gasteiger partial charge is 0.245 e. The molecular weight excluding hydrogens is 393 g/mol. The number of hydrogen-bond donors (Lipinski definition) is 0. The molecule has 8 heteroatoms. The Hall–Kier alpha value is -0.820. The van der Waals surface area contributed by atoms with Gasteiger partial charge in [0.15, 0.2) is 6.10 Å². The summed E-state index contributed by atoms with van der Waals surface area (Å²) in [5, 5.41) is 0. The molecule has 0 aliphatic carbocycles. The van der Waals surface area contributed by atoms with Gasteiger partial charge in [-0.2, -0.15) is 12.7 Å². The van der Waals surface area contributed by atoms with Gasteiger partial charge in [0.25, 0.3) is 0 Å². The van der Waals surface area contributed by atoms with Crippen molar-refractivity contribution in [1.82, 2.24) is 4.31 Å². The highest BCUT2D eigenvalue weighted by molar-refractivity contribution is 7.84. The van der Waals surface area contributed by atoms with Crippen molar-refractivity contribution in [1.29, 1.82) is 0 Å². The van der Waals surface area contributed by atoms with Gasteiger partial charge in [0, 0.05) is 6.54 Å². The lowest BCUT2D eigenvalue weighted by molar-refractivity contribution is 0.205. The Bertz CT molecular complexity index is 794. The molecule has 1 saturated heterocycles. The van der Waals surface area contributed by atoms with Crippen LogP contribution in [-0.4, -0.2) is 23.1 Å². The molecule has 4 nitrogen and oxygen atoms in total. The van der Waals surface area contributed by atoms with Gasteiger partial charge in [-0.25, -0.2) is 4.18 Å². The van der Waals surface area contributed by atoms with Crippen molar-refractivity contribution >= 4 is 45.1 Å². The Balaban J connectivity index is 1.80. The Labute approximate surface area is 156 Å². The maximum absolute atomic E-state index is 12.5. The molecule has 2 aromatic carbocycles. The van der Waals surface area contributed by atoms with Crippen LogP contribution in [0.4, 0.5) is 0 Å². The van der Waals surface area contributed by atoms with E-state index in [4.69, 9.17) is 39.0 Å². The summed E-state index contributed by atoms with van der Waals surface area (Å²) in [6.07, 6.45) is -1.23. The van der Waals surface area contributed by atoms with Crippen molar-refractivity contribution in [2.24, 2.45) is 0 Å². The minimum Gasteiger partial charge on any atom is -0.245 e. The highest BCUT2D eigenvalue weighted by Crippen LogP contribution is 2.46. The molecule has 1 fully saturated rings. The fourth-order valence-corrected chi connectivity index (χ4v) is 4.46. The molecule has 3 atom stereocenters. The van der Waals surface area contributed by atoms with Crippen molar-refractivity contribution in [3.8, 4) is 0 Å². The summed E-state index contributed by atoms with van der Waals surface area (Å²) in [5.41, 5.74) is 1.37. The molecule has 0 N–H and O–H groups in total. The SMILES string of the molecule is O=S(=O)(OC(c1ccccc1)C(Cl)(Cl)Cl)N1CC1c1ccccc1. The first kappa shape index (κ1) is 18.0. The zero-order valence-electron chi connectivity index (χ0n) is 12.3. The molecule has 0 amide bonds. The maximum Gasteiger partial charge on any atom is 0.339 e. The van der Waals surface area contributed by atoms with Gasteiger partial charge in [-0.1, -0.05) is 95.5 Å². The monoisotopic (exact) mass is 405 g/mol. The van der Waals surface area contributed by atoms with E-state index < -0.39 is 20.2 Å². The number of hydrogen-bond acceptors (Lipinski definition) is 3. The van der Waals surface area contributed by atoms with Gasteiger partial charge in [0.05, 0.1) is 6.04 Å². The van der Waals surface area contributed by atoms with Crippen molar-refractivity contribution in [2.75, 3.05) is 6.54 Å². The minimum atomic E-state index is -4.03. The lowest BCUT2D eigenvalue weighted by atomic mass is 10.1. The van der Waals surface area contributed by atoms with Crippen LogP contribution in [0.1, 0.15) is 23.3 Å². The third-order valence-corrected chi connectivity index (χ3v) is 5.66. The van der Waals surface area contributed by atoms with Gasteiger partial charge in [0.1, 0.15) is 0 Å². The zero-order valence-corrected chi connectivity index (χ0v) is 15.4. The van der Waals surface area contributed by atoms with E-state index in [1.54, 1.807) is 30.3 Å². The summed E-state index contributed by atoms with van der Waals surface area (Å²) in [4.78, 5) is 0. The van der Waals surface area contributed by atoms with E-state index in [0.29, 0.717) is 12.1 Å². The first-order chi connectivity index (χ1) is 11.3. The highest BCUT2D eigenvalue weighted by Gasteiger charge is 2.49. The third kappa shape index (κ3) is 4.04. The summed E-state index contributed by atoms with van der Waals surface area (Å²) < 4.78 is 29.6. The molecule has 0 radical (unpaired) electrons. The van der Waals surface area contributed by atoms with Crippen LogP contribution in [0.3, 0.4) is 0 Å². The van der Waals surface area contributed by atoms with Crippen LogP contribution in [0.5, 0.6) is 0 Å². The Morgan fingerprint density at radius 3 is 2.08 bits per heavy atom. The van der Waals surface area contributed by atoms with E-state index >= 15 is 0 Å². The molecule has 3 unspecified atom stereocenters. The Kier molecular flexibility index (Phi) is 5.12. The van der Waals surface area contributed by atoms with E-state index in [1.165, 1.54) is 4.31 Å². The molecule has 1 aliphatic heterocycles. The van der Waals surface area contributed by atoms with Gasteiger partial charge >= 0.3 is 10.3 Å². The Morgan fingerprint density at radius 2 is 1.54 bits per heavy atom. The molecular formula is C16H14Cl3NO3S. The van der Waals surface area contributed by atoms with Crippen LogP contribution >= 0.6 is 34.8 Å². The minimum absolute atomic E-state index is 0.247. The van der Waals surface area contributed by atoms with Gasteiger partial charge in [0.2, 0.25) is 3.79 Å². The largest absolute Gasteiger partial charge is 0.339 e. The molecule has 0 spiro atoms. The van der Waals surface area contributed by atoms with Gasteiger partial charge < -0.3 is 0 Å². The second kappa shape index (κ2) is 6.83. The van der Waals surface area contributed by atoms with Crippen LogP contribution in [0.25, 0.3) is 0 Å². The van der Waals surface area contributed by atoms with E-state index in [1.807, 2.05) is 30.3 Å². The average molecular weight is 407 g/mol. The summed E-state index contributed by atoms with van der Waals surface area (Å²) in [7, 11) is -4.03. The number of halogens is 3. The quantitative estimate of drug-likeness (QED) is 0.545. The van der Waals surface area contributed by atoms with Crippen LogP contribution in [0, 0.1) is 0 Å². The van der Waals surface area contributed by atoms with E-state index in [2.05, 4.69) is 0 Å². The summed E-state index contributed by atoms with van der Waals surface area (Å²) in [5.74, 6) is 0. The molecule has 24 heavy (non-hydrogen) atoms. The van der Waals surface area contributed by atoms with Gasteiger partial charge in [-0.3, -0.25) is 0 Å². The van der Waals surface area contributed by atoms with Crippen molar-refractivity contribution < 1.29 is 12.6 Å². The number of nitrogens with zero attached hydrogens (tertiary/aromatic N) is 1. The van der Waals surface area contributed by atoms with Crippen LogP contribution in [0.2, 0.25) is 0 Å². The number of rotatable bonds is 5. The first-order valence-electron chi connectivity index (χ1n) is 7.16. The second-order valence-electron chi connectivity index (χ2n) is 5.38. The standard InChI is InChI=1S/C16H14Cl3NO3S/c17-16(18,19)15(13-9-5-2-6-10-13)23-24(21,22)20-11-14(20)12-7-3-1-4-8-12/h1-10,14-15H,11H2. The van der Waals surface area contributed by atoms with Gasteiger partial charge in [-0.15, -0.1) is 0 Å².